The number of rotatable bonds is 9. The van der Waals surface area contributed by atoms with Crippen molar-refractivity contribution in [3.8, 4) is 0 Å². The Hall–Kier alpha value is -1.87. The second-order valence-corrected chi connectivity index (χ2v) is 10.5. The second-order valence-electron chi connectivity index (χ2n) is 8.92. The number of carbonyl (C=O) groups is 2. The molecule has 2 amide bonds. The molecule has 9 heteroatoms. The summed E-state index contributed by atoms with van der Waals surface area (Å²) >= 11 is 0. The Labute approximate surface area is 179 Å². The number of nitrogens with one attached hydrogen (secondary N) is 2. The third-order valence-electron chi connectivity index (χ3n) is 4.91. The van der Waals surface area contributed by atoms with Gasteiger partial charge >= 0.3 is 0 Å². The number of sulfonamides is 1. The molecule has 2 N–H and O–H groups in total. The standard InChI is InChI=1S/C21H35N3O5S/c1-5-6-7-8-13-22-19(25)16-10-9-14-24(15-16)20(26)17-11-12-18(29-17)30(27,28)23-21(2,3)4/h11-12,16,23H,5-10,13-15H2,1-4H3,(H,22,25). The summed E-state index contributed by atoms with van der Waals surface area (Å²) in [6.45, 7) is 8.80. The second kappa shape index (κ2) is 10.4. The molecule has 2 heterocycles. The van der Waals surface area contributed by atoms with E-state index in [9.17, 15) is 18.0 Å². The molecule has 1 aliphatic heterocycles. The van der Waals surface area contributed by atoms with Crippen molar-refractivity contribution in [1.29, 1.82) is 0 Å². The number of likely N-dealkylation sites (tertiary alicyclic amines) is 1. The third-order valence-corrected chi connectivity index (χ3v) is 6.54. The van der Waals surface area contributed by atoms with Crippen LogP contribution in [0.15, 0.2) is 21.6 Å². The summed E-state index contributed by atoms with van der Waals surface area (Å²) in [6.07, 6.45) is 5.82. The van der Waals surface area contributed by atoms with Crippen LogP contribution in [0.25, 0.3) is 0 Å². The van der Waals surface area contributed by atoms with E-state index in [1.807, 2.05) is 0 Å². The molecular formula is C21H35N3O5S. The molecule has 0 spiro atoms. The minimum atomic E-state index is -3.85. The number of hydrogen-bond acceptors (Lipinski definition) is 5. The first-order valence-corrected chi connectivity index (χ1v) is 12.2. The predicted molar refractivity (Wildman–Crippen MR) is 115 cm³/mol. The molecule has 1 aromatic heterocycles. The number of piperidine rings is 1. The van der Waals surface area contributed by atoms with Crippen LogP contribution in [0.4, 0.5) is 0 Å². The van der Waals surface area contributed by atoms with Gasteiger partial charge in [0.05, 0.1) is 5.92 Å². The van der Waals surface area contributed by atoms with E-state index in [1.165, 1.54) is 12.1 Å². The molecule has 30 heavy (non-hydrogen) atoms. The van der Waals surface area contributed by atoms with Gasteiger partial charge in [0.2, 0.25) is 11.0 Å². The molecule has 170 valence electrons. The molecule has 1 aliphatic rings. The van der Waals surface area contributed by atoms with E-state index in [2.05, 4.69) is 17.0 Å². The number of nitrogens with zero attached hydrogens (tertiary/aromatic N) is 1. The lowest BCUT2D eigenvalue weighted by atomic mass is 9.97. The molecule has 1 unspecified atom stereocenters. The van der Waals surface area contributed by atoms with Gasteiger partial charge in [0.1, 0.15) is 0 Å². The van der Waals surface area contributed by atoms with Gasteiger partial charge in [0.15, 0.2) is 5.76 Å². The van der Waals surface area contributed by atoms with Gasteiger partial charge in [-0.05, 0) is 52.2 Å². The Balaban J connectivity index is 1.95. The van der Waals surface area contributed by atoms with Gasteiger partial charge in [-0.2, -0.15) is 0 Å². The largest absolute Gasteiger partial charge is 0.438 e. The highest BCUT2D eigenvalue weighted by atomic mass is 32.2. The molecule has 2 rings (SSSR count). The minimum absolute atomic E-state index is 0.0268. The van der Waals surface area contributed by atoms with Crippen LogP contribution < -0.4 is 10.0 Å². The number of amides is 2. The van der Waals surface area contributed by atoms with Gasteiger partial charge in [0, 0.05) is 25.2 Å². The lowest BCUT2D eigenvalue weighted by Crippen LogP contribution is -2.45. The van der Waals surface area contributed by atoms with Crippen LogP contribution in [0.1, 0.15) is 76.8 Å². The van der Waals surface area contributed by atoms with Gasteiger partial charge in [-0.25, -0.2) is 13.1 Å². The quantitative estimate of drug-likeness (QED) is 0.573. The van der Waals surface area contributed by atoms with Crippen molar-refractivity contribution in [1.82, 2.24) is 14.9 Å². The monoisotopic (exact) mass is 441 g/mol. The lowest BCUT2D eigenvalue weighted by molar-refractivity contribution is -0.126. The van der Waals surface area contributed by atoms with Crippen LogP contribution in [-0.4, -0.2) is 50.3 Å². The van der Waals surface area contributed by atoms with Crippen molar-refractivity contribution in [2.24, 2.45) is 5.92 Å². The Kier molecular flexibility index (Phi) is 8.49. The molecule has 1 atom stereocenters. The predicted octanol–water partition coefficient (Wildman–Crippen LogP) is 2.91. The minimum Gasteiger partial charge on any atom is -0.438 e. The van der Waals surface area contributed by atoms with Crippen LogP contribution in [0.2, 0.25) is 0 Å². The fourth-order valence-electron chi connectivity index (χ4n) is 3.47. The van der Waals surface area contributed by atoms with E-state index in [4.69, 9.17) is 4.42 Å². The zero-order valence-electron chi connectivity index (χ0n) is 18.5. The van der Waals surface area contributed by atoms with Gasteiger partial charge in [-0.15, -0.1) is 0 Å². The van der Waals surface area contributed by atoms with Crippen molar-refractivity contribution < 1.29 is 22.4 Å². The molecule has 0 radical (unpaired) electrons. The molecule has 0 aromatic carbocycles. The summed E-state index contributed by atoms with van der Waals surface area (Å²) in [5.74, 6) is -0.715. The van der Waals surface area contributed by atoms with Gasteiger partial charge in [0.25, 0.3) is 15.9 Å². The maximum atomic E-state index is 12.8. The topological polar surface area (TPSA) is 109 Å². The lowest BCUT2D eigenvalue weighted by Gasteiger charge is -2.31. The van der Waals surface area contributed by atoms with Gasteiger partial charge in [-0.3, -0.25) is 9.59 Å². The number of hydrogen-bond donors (Lipinski definition) is 2. The summed E-state index contributed by atoms with van der Waals surface area (Å²) in [7, 11) is -3.85. The van der Waals surface area contributed by atoms with E-state index in [-0.39, 0.29) is 22.7 Å². The van der Waals surface area contributed by atoms with Gasteiger partial charge < -0.3 is 14.6 Å². The fraction of sp³-hybridized carbons (Fsp3) is 0.714. The fourth-order valence-corrected chi connectivity index (χ4v) is 4.83. The van der Waals surface area contributed by atoms with Crippen molar-refractivity contribution in [2.45, 2.75) is 76.9 Å². The van der Waals surface area contributed by atoms with Crippen LogP contribution in [0, 0.1) is 5.92 Å². The number of furan rings is 1. The normalized spacial score (nSPS) is 17.7. The zero-order chi connectivity index (χ0) is 22.4. The highest BCUT2D eigenvalue weighted by Crippen LogP contribution is 2.22. The van der Waals surface area contributed by atoms with Crippen LogP contribution >= 0.6 is 0 Å². The summed E-state index contributed by atoms with van der Waals surface area (Å²) < 4.78 is 32.6. The van der Waals surface area contributed by atoms with Crippen LogP contribution in [0.5, 0.6) is 0 Å². The first-order valence-electron chi connectivity index (χ1n) is 10.7. The Morgan fingerprint density at radius 2 is 1.93 bits per heavy atom. The molecule has 1 fully saturated rings. The van der Waals surface area contributed by atoms with E-state index in [0.29, 0.717) is 19.6 Å². The third kappa shape index (κ3) is 7.12. The SMILES string of the molecule is CCCCCCNC(=O)C1CCCN(C(=O)c2ccc(S(=O)(=O)NC(C)(C)C)o2)C1. The van der Waals surface area contributed by atoms with E-state index in [1.54, 1.807) is 25.7 Å². The van der Waals surface area contributed by atoms with Gasteiger partial charge in [-0.1, -0.05) is 26.2 Å². The van der Waals surface area contributed by atoms with E-state index in [0.717, 1.165) is 38.5 Å². The number of unbranched alkanes of at least 4 members (excludes halogenated alkanes) is 3. The van der Waals surface area contributed by atoms with Crippen LogP contribution in [0.3, 0.4) is 0 Å². The molecule has 1 aromatic rings. The summed E-state index contributed by atoms with van der Waals surface area (Å²) in [4.78, 5) is 26.8. The van der Waals surface area contributed by atoms with Crippen molar-refractivity contribution in [3.63, 3.8) is 0 Å². The summed E-state index contributed by atoms with van der Waals surface area (Å²) in [5, 5.41) is 2.68. The summed E-state index contributed by atoms with van der Waals surface area (Å²) in [6, 6.07) is 2.66. The number of carbonyl (C=O) groups excluding carboxylic acids is 2. The highest BCUT2D eigenvalue weighted by molar-refractivity contribution is 7.89. The molecule has 1 saturated heterocycles. The molecule has 0 saturated carbocycles. The Morgan fingerprint density at radius 1 is 1.20 bits per heavy atom. The average Bonchev–Trinajstić information content (AvgIpc) is 3.16. The Bertz CT molecular complexity index is 826. The average molecular weight is 442 g/mol. The van der Waals surface area contributed by atoms with Crippen molar-refractivity contribution in [2.75, 3.05) is 19.6 Å². The van der Waals surface area contributed by atoms with Crippen molar-refractivity contribution in [3.05, 3.63) is 17.9 Å². The molecule has 8 nitrogen and oxygen atoms in total. The molecular weight excluding hydrogens is 406 g/mol. The first kappa shape index (κ1) is 24.4. The molecule has 0 bridgehead atoms. The molecule has 0 aliphatic carbocycles. The highest BCUT2D eigenvalue weighted by Gasteiger charge is 2.31. The first-order chi connectivity index (χ1) is 14.0. The smallest absolute Gasteiger partial charge is 0.289 e. The maximum Gasteiger partial charge on any atom is 0.289 e. The van der Waals surface area contributed by atoms with E-state index < -0.39 is 21.5 Å². The summed E-state index contributed by atoms with van der Waals surface area (Å²) in [5.41, 5.74) is -0.667. The Morgan fingerprint density at radius 3 is 2.60 bits per heavy atom. The maximum absolute atomic E-state index is 12.8. The van der Waals surface area contributed by atoms with E-state index >= 15 is 0 Å². The zero-order valence-corrected chi connectivity index (χ0v) is 19.3. The van der Waals surface area contributed by atoms with Crippen molar-refractivity contribution >= 4 is 21.8 Å². The van der Waals surface area contributed by atoms with Crippen LogP contribution in [-0.2, 0) is 14.8 Å².